The van der Waals surface area contributed by atoms with E-state index < -0.39 is 6.36 Å². The van der Waals surface area contributed by atoms with Crippen molar-refractivity contribution in [3.63, 3.8) is 0 Å². The van der Waals surface area contributed by atoms with Gasteiger partial charge in [-0.25, -0.2) is 0 Å². The van der Waals surface area contributed by atoms with Gasteiger partial charge in [0.15, 0.2) is 0 Å². The Morgan fingerprint density at radius 3 is 2.11 bits per heavy atom. The summed E-state index contributed by atoms with van der Waals surface area (Å²) in [5.41, 5.74) is 1.29. The van der Waals surface area contributed by atoms with Crippen LogP contribution in [-0.2, 0) is 5.41 Å². The Morgan fingerprint density at radius 1 is 1.05 bits per heavy atom. The standard InChI is InChI=1S/C15H19F3O/c1-2-14(10-4-3-5-11-14)12-6-8-13(9-7-12)19-15(16,17)18/h6-9H,2-5,10-11H2,1H3. The summed E-state index contributed by atoms with van der Waals surface area (Å²) in [5, 5.41) is 0. The number of benzene rings is 1. The van der Waals surface area contributed by atoms with E-state index >= 15 is 0 Å². The molecule has 0 heterocycles. The van der Waals surface area contributed by atoms with Crippen LogP contribution < -0.4 is 4.74 Å². The zero-order valence-electron chi connectivity index (χ0n) is 11.1. The molecule has 0 aromatic heterocycles. The van der Waals surface area contributed by atoms with Crippen molar-refractivity contribution in [2.45, 2.75) is 57.2 Å². The Labute approximate surface area is 111 Å². The molecule has 0 unspecified atom stereocenters. The van der Waals surface area contributed by atoms with Crippen LogP contribution in [0.1, 0.15) is 51.0 Å². The van der Waals surface area contributed by atoms with E-state index in [1.807, 2.05) is 0 Å². The van der Waals surface area contributed by atoms with Crippen LogP contribution in [0.4, 0.5) is 13.2 Å². The molecule has 0 N–H and O–H groups in total. The van der Waals surface area contributed by atoms with Crippen LogP contribution in [0.5, 0.6) is 5.75 Å². The quantitative estimate of drug-likeness (QED) is 0.735. The first-order chi connectivity index (χ1) is 8.95. The number of halogens is 3. The SMILES string of the molecule is CCC1(c2ccc(OC(F)(F)F)cc2)CCCCC1. The second-order valence-electron chi connectivity index (χ2n) is 5.27. The molecule has 0 bridgehead atoms. The molecule has 0 spiro atoms. The molecule has 1 nitrogen and oxygen atoms in total. The molecule has 1 aliphatic rings. The molecule has 0 radical (unpaired) electrons. The maximum absolute atomic E-state index is 12.1. The van der Waals surface area contributed by atoms with E-state index in [9.17, 15) is 13.2 Å². The van der Waals surface area contributed by atoms with Gasteiger partial charge in [0.05, 0.1) is 0 Å². The zero-order chi connectivity index (χ0) is 13.9. The molecule has 1 aromatic rings. The third kappa shape index (κ3) is 3.43. The van der Waals surface area contributed by atoms with Crippen LogP contribution in [0.15, 0.2) is 24.3 Å². The number of ether oxygens (including phenoxy) is 1. The summed E-state index contributed by atoms with van der Waals surface area (Å²) >= 11 is 0. The molecule has 1 fully saturated rings. The molecular formula is C15H19F3O. The van der Waals surface area contributed by atoms with Crippen molar-refractivity contribution < 1.29 is 17.9 Å². The highest BCUT2D eigenvalue weighted by Crippen LogP contribution is 2.42. The van der Waals surface area contributed by atoms with Gasteiger partial charge in [0.25, 0.3) is 0 Å². The van der Waals surface area contributed by atoms with Gasteiger partial charge < -0.3 is 4.74 Å². The molecular weight excluding hydrogens is 253 g/mol. The number of alkyl halides is 3. The molecule has 0 aliphatic heterocycles. The molecule has 19 heavy (non-hydrogen) atoms. The van der Waals surface area contributed by atoms with E-state index in [1.165, 1.54) is 31.4 Å². The fraction of sp³-hybridized carbons (Fsp3) is 0.600. The lowest BCUT2D eigenvalue weighted by Crippen LogP contribution is -2.28. The van der Waals surface area contributed by atoms with Crippen LogP contribution in [0, 0.1) is 0 Å². The van der Waals surface area contributed by atoms with Crippen molar-refractivity contribution in [1.29, 1.82) is 0 Å². The highest BCUT2D eigenvalue weighted by molar-refractivity contribution is 5.33. The number of rotatable bonds is 3. The normalized spacial score (nSPS) is 19.2. The Bertz CT molecular complexity index is 402. The minimum atomic E-state index is -4.62. The number of hydrogen-bond acceptors (Lipinski definition) is 1. The molecule has 0 amide bonds. The van der Waals surface area contributed by atoms with Gasteiger partial charge in [-0.15, -0.1) is 13.2 Å². The van der Waals surface area contributed by atoms with Crippen molar-refractivity contribution in [1.82, 2.24) is 0 Å². The average molecular weight is 272 g/mol. The Kier molecular flexibility index (Phi) is 4.07. The van der Waals surface area contributed by atoms with Gasteiger partial charge in [-0.3, -0.25) is 0 Å². The first kappa shape index (κ1) is 14.2. The first-order valence-corrected chi connectivity index (χ1v) is 6.81. The lowest BCUT2D eigenvalue weighted by molar-refractivity contribution is -0.274. The predicted molar refractivity (Wildman–Crippen MR) is 68.2 cm³/mol. The smallest absolute Gasteiger partial charge is 0.406 e. The summed E-state index contributed by atoms with van der Waals surface area (Å²) in [6.07, 6.45) is 2.34. The second-order valence-corrected chi connectivity index (χ2v) is 5.27. The van der Waals surface area contributed by atoms with Gasteiger partial charge in [0.2, 0.25) is 0 Å². The van der Waals surface area contributed by atoms with Crippen molar-refractivity contribution >= 4 is 0 Å². The molecule has 0 atom stereocenters. The largest absolute Gasteiger partial charge is 0.573 e. The Morgan fingerprint density at radius 2 is 1.63 bits per heavy atom. The van der Waals surface area contributed by atoms with E-state index in [0.717, 1.165) is 24.8 Å². The molecule has 106 valence electrons. The molecule has 1 saturated carbocycles. The summed E-state index contributed by atoms with van der Waals surface area (Å²) < 4.78 is 40.3. The maximum atomic E-state index is 12.1. The van der Waals surface area contributed by atoms with E-state index in [0.29, 0.717) is 0 Å². The van der Waals surface area contributed by atoms with E-state index in [-0.39, 0.29) is 11.2 Å². The minimum absolute atomic E-state index is 0.140. The fourth-order valence-electron chi connectivity index (χ4n) is 3.09. The lowest BCUT2D eigenvalue weighted by Gasteiger charge is -2.37. The summed E-state index contributed by atoms with van der Waals surface area (Å²) in [5.74, 6) is -0.140. The molecule has 1 aliphatic carbocycles. The monoisotopic (exact) mass is 272 g/mol. The van der Waals surface area contributed by atoms with Gasteiger partial charge in [-0.05, 0) is 42.4 Å². The van der Waals surface area contributed by atoms with E-state index in [1.54, 1.807) is 12.1 Å². The highest BCUT2D eigenvalue weighted by atomic mass is 19.4. The zero-order valence-corrected chi connectivity index (χ0v) is 11.1. The van der Waals surface area contributed by atoms with Crippen molar-refractivity contribution in [2.24, 2.45) is 0 Å². The molecule has 2 rings (SSSR count). The average Bonchev–Trinajstić information content (AvgIpc) is 2.38. The lowest BCUT2D eigenvalue weighted by atomic mass is 9.68. The fourth-order valence-corrected chi connectivity index (χ4v) is 3.09. The molecule has 0 saturated heterocycles. The van der Waals surface area contributed by atoms with E-state index in [2.05, 4.69) is 11.7 Å². The van der Waals surface area contributed by atoms with Crippen molar-refractivity contribution in [2.75, 3.05) is 0 Å². The Hall–Kier alpha value is -1.19. The number of hydrogen-bond donors (Lipinski definition) is 0. The van der Waals surface area contributed by atoms with E-state index in [4.69, 9.17) is 0 Å². The first-order valence-electron chi connectivity index (χ1n) is 6.81. The predicted octanol–water partition coefficient (Wildman–Crippen LogP) is 5.20. The third-order valence-electron chi connectivity index (χ3n) is 4.19. The molecule has 4 heteroatoms. The van der Waals surface area contributed by atoms with Gasteiger partial charge in [-0.1, -0.05) is 38.3 Å². The third-order valence-corrected chi connectivity index (χ3v) is 4.19. The van der Waals surface area contributed by atoms with Crippen LogP contribution in [-0.4, -0.2) is 6.36 Å². The maximum Gasteiger partial charge on any atom is 0.573 e. The van der Waals surface area contributed by atoms with Crippen LogP contribution in [0.25, 0.3) is 0 Å². The summed E-state index contributed by atoms with van der Waals surface area (Å²) in [6.45, 7) is 2.16. The van der Waals surface area contributed by atoms with Gasteiger partial charge >= 0.3 is 6.36 Å². The minimum Gasteiger partial charge on any atom is -0.406 e. The van der Waals surface area contributed by atoms with Gasteiger partial charge in [0, 0.05) is 0 Å². The van der Waals surface area contributed by atoms with Gasteiger partial charge in [-0.2, -0.15) is 0 Å². The second kappa shape index (κ2) is 5.43. The van der Waals surface area contributed by atoms with Crippen LogP contribution in [0.3, 0.4) is 0 Å². The van der Waals surface area contributed by atoms with Crippen LogP contribution in [0.2, 0.25) is 0 Å². The summed E-state index contributed by atoms with van der Waals surface area (Å²) in [6, 6.07) is 6.43. The van der Waals surface area contributed by atoms with Gasteiger partial charge in [0.1, 0.15) is 5.75 Å². The molecule has 1 aromatic carbocycles. The highest BCUT2D eigenvalue weighted by Gasteiger charge is 2.33. The van der Waals surface area contributed by atoms with Crippen LogP contribution >= 0.6 is 0 Å². The van der Waals surface area contributed by atoms with Crippen molar-refractivity contribution in [3.05, 3.63) is 29.8 Å². The summed E-state index contributed by atoms with van der Waals surface area (Å²) in [4.78, 5) is 0. The Balaban J connectivity index is 2.16. The topological polar surface area (TPSA) is 9.23 Å². The summed E-state index contributed by atoms with van der Waals surface area (Å²) in [7, 11) is 0. The van der Waals surface area contributed by atoms with Crippen molar-refractivity contribution in [3.8, 4) is 5.75 Å².